The quantitative estimate of drug-likeness (QED) is 0.601. The summed E-state index contributed by atoms with van der Waals surface area (Å²) in [5.74, 6) is -0.0996. The van der Waals surface area contributed by atoms with Gasteiger partial charge in [0.15, 0.2) is 0 Å². The molecule has 1 fully saturated rings. The number of nitrogens with zero attached hydrogens (tertiary/aromatic N) is 2. The number of aromatic nitrogens is 1. The van der Waals surface area contributed by atoms with Gasteiger partial charge in [-0.15, -0.1) is 0 Å². The summed E-state index contributed by atoms with van der Waals surface area (Å²) >= 11 is 1.50. The maximum absolute atomic E-state index is 13.1. The van der Waals surface area contributed by atoms with Crippen molar-refractivity contribution in [2.24, 2.45) is 0 Å². The summed E-state index contributed by atoms with van der Waals surface area (Å²) in [5, 5.41) is 3.88. The zero-order valence-electron chi connectivity index (χ0n) is 17.7. The number of aryl methyl sites for hydroxylation is 1. The third-order valence-corrected chi connectivity index (χ3v) is 6.37. The number of benzene rings is 2. The predicted molar refractivity (Wildman–Crippen MR) is 123 cm³/mol. The Bertz CT molecular complexity index is 1010. The Morgan fingerprint density at radius 2 is 1.90 bits per heavy atom. The summed E-state index contributed by atoms with van der Waals surface area (Å²) in [6.07, 6.45) is 1.73. The number of amides is 1. The summed E-state index contributed by atoms with van der Waals surface area (Å²) in [6.45, 7) is 5.79. The van der Waals surface area contributed by atoms with E-state index < -0.39 is 0 Å². The van der Waals surface area contributed by atoms with Crippen LogP contribution in [-0.4, -0.2) is 48.6 Å². The van der Waals surface area contributed by atoms with Gasteiger partial charge in [0, 0.05) is 30.7 Å². The number of hydrogen-bond donors (Lipinski definition) is 1. The van der Waals surface area contributed by atoms with E-state index in [-0.39, 0.29) is 11.9 Å². The molecule has 2 heterocycles. The van der Waals surface area contributed by atoms with Gasteiger partial charge in [-0.2, -0.15) is 0 Å². The lowest BCUT2D eigenvalue weighted by Crippen LogP contribution is -2.43. The number of morpholine rings is 1. The fourth-order valence-electron chi connectivity index (χ4n) is 3.75. The van der Waals surface area contributed by atoms with Crippen molar-refractivity contribution in [2.75, 3.05) is 32.8 Å². The molecule has 1 aliphatic heterocycles. The van der Waals surface area contributed by atoms with Crippen LogP contribution >= 0.6 is 11.8 Å². The van der Waals surface area contributed by atoms with Gasteiger partial charge in [0.05, 0.1) is 24.8 Å². The highest BCUT2D eigenvalue weighted by atomic mass is 32.2. The molecule has 1 N–H and O–H groups in total. The Kier molecular flexibility index (Phi) is 7.35. The Hall–Kier alpha value is -2.67. The van der Waals surface area contributed by atoms with Crippen molar-refractivity contribution in [1.82, 2.24) is 15.2 Å². The smallest absolute Gasteiger partial charge is 0.254 e. The Labute approximate surface area is 187 Å². The molecule has 5 nitrogen and oxygen atoms in total. The molecule has 1 aliphatic rings. The second-order valence-electron chi connectivity index (χ2n) is 7.56. The van der Waals surface area contributed by atoms with Gasteiger partial charge in [0.25, 0.3) is 5.91 Å². The molecule has 0 bridgehead atoms. The van der Waals surface area contributed by atoms with Crippen LogP contribution in [0.25, 0.3) is 0 Å². The van der Waals surface area contributed by atoms with E-state index in [0.29, 0.717) is 17.1 Å². The van der Waals surface area contributed by atoms with E-state index in [1.807, 2.05) is 42.5 Å². The third kappa shape index (κ3) is 5.73. The Morgan fingerprint density at radius 1 is 1.10 bits per heavy atom. The van der Waals surface area contributed by atoms with Crippen LogP contribution in [0.1, 0.15) is 27.5 Å². The molecule has 1 saturated heterocycles. The highest BCUT2D eigenvalue weighted by Crippen LogP contribution is 2.28. The molecule has 2 aromatic carbocycles. The molecule has 0 saturated carbocycles. The molecule has 3 aromatic rings. The maximum atomic E-state index is 13.1. The Morgan fingerprint density at radius 3 is 2.68 bits per heavy atom. The number of carbonyl (C=O) groups excluding carboxylic acids is 1. The van der Waals surface area contributed by atoms with E-state index in [0.717, 1.165) is 31.2 Å². The lowest BCUT2D eigenvalue weighted by Gasteiger charge is -2.35. The molecule has 0 aliphatic carbocycles. The minimum atomic E-state index is -0.0996. The topological polar surface area (TPSA) is 54.5 Å². The Balaban J connectivity index is 1.50. The number of rotatable bonds is 7. The number of carbonyl (C=O) groups is 1. The van der Waals surface area contributed by atoms with Crippen LogP contribution in [0.3, 0.4) is 0 Å². The average molecular weight is 434 g/mol. The first-order chi connectivity index (χ1) is 15.2. The van der Waals surface area contributed by atoms with Crippen LogP contribution in [0.2, 0.25) is 0 Å². The van der Waals surface area contributed by atoms with Gasteiger partial charge in [0.1, 0.15) is 5.03 Å². The van der Waals surface area contributed by atoms with Crippen molar-refractivity contribution in [3.05, 3.63) is 89.6 Å². The van der Waals surface area contributed by atoms with E-state index in [1.165, 1.54) is 22.9 Å². The predicted octanol–water partition coefficient (Wildman–Crippen LogP) is 4.34. The standard InChI is InChI=1S/C25H27N3O2S/c1-19-7-5-8-20(17-19)23(28-13-15-30-16-14-28)18-27-24(29)22-11-6-12-26-25(22)31-21-9-3-2-4-10-21/h2-12,17,23H,13-16,18H2,1H3,(H,27,29). The molecular weight excluding hydrogens is 406 g/mol. The normalized spacial score (nSPS) is 15.4. The molecule has 0 radical (unpaired) electrons. The maximum Gasteiger partial charge on any atom is 0.254 e. The first-order valence-corrected chi connectivity index (χ1v) is 11.4. The van der Waals surface area contributed by atoms with Crippen LogP contribution in [0.5, 0.6) is 0 Å². The molecule has 1 atom stereocenters. The highest BCUT2D eigenvalue weighted by Gasteiger charge is 2.24. The van der Waals surface area contributed by atoms with Gasteiger partial charge in [-0.1, -0.05) is 59.8 Å². The first-order valence-electron chi connectivity index (χ1n) is 10.6. The number of hydrogen-bond acceptors (Lipinski definition) is 5. The lowest BCUT2D eigenvalue weighted by atomic mass is 10.0. The highest BCUT2D eigenvalue weighted by molar-refractivity contribution is 7.99. The lowest BCUT2D eigenvalue weighted by molar-refractivity contribution is 0.0162. The summed E-state index contributed by atoms with van der Waals surface area (Å²) in [4.78, 5) is 21.0. The van der Waals surface area contributed by atoms with Gasteiger partial charge in [-0.05, 0) is 36.8 Å². The second-order valence-corrected chi connectivity index (χ2v) is 8.62. The van der Waals surface area contributed by atoms with E-state index in [4.69, 9.17) is 4.74 Å². The number of nitrogens with one attached hydrogen (secondary N) is 1. The number of pyridine rings is 1. The van der Waals surface area contributed by atoms with Crippen molar-refractivity contribution in [3.8, 4) is 0 Å². The van der Waals surface area contributed by atoms with Crippen LogP contribution in [0.15, 0.2) is 82.8 Å². The van der Waals surface area contributed by atoms with Crippen LogP contribution in [-0.2, 0) is 4.74 Å². The van der Waals surface area contributed by atoms with Crippen LogP contribution in [0.4, 0.5) is 0 Å². The molecular formula is C25H27N3O2S. The zero-order valence-corrected chi connectivity index (χ0v) is 18.5. The largest absolute Gasteiger partial charge is 0.379 e. The molecule has 1 amide bonds. The zero-order chi connectivity index (χ0) is 21.5. The SMILES string of the molecule is Cc1cccc(C(CNC(=O)c2cccnc2Sc2ccccc2)N2CCOCC2)c1. The summed E-state index contributed by atoms with van der Waals surface area (Å²) < 4.78 is 5.54. The van der Waals surface area contributed by atoms with Crippen molar-refractivity contribution in [1.29, 1.82) is 0 Å². The van der Waals surface area contributed by atoms with Gasteiger partial charge in [0.2, 0.25) is 0 Å². The summed E-state index contributed by atoms with van der Waals surface area (Å²) in [6, 6.07) is 22.3. The molecule has 1 unspecified atom stereocenters. The van der Waals surface area contributed by atoms with E-state index in [2.05, 4.69) is 46.4 Å². The minimum Gasteiger partial charge on any atom is -0.379 e. The molecule has 31 heavy (non-hydrogen) atoms. The molecule has 160 valence electrons. The van der Waals surface area contributed by atoms with Crippen molar-refractivity contribution in [3.63, 3.8) is 0 Å². The summed E-state index contributed by atoms with van der Waals surface area (Å²) in [7, 11) is 0. The van der Waals surface area contributed by atoms with Crippen LogP contribution in [0, 0.1) is 6.92 Å². The van der Waals surface area contributed by atoms with Crippen molar-refractivity contribution >= 4 is 17.7 Å². The fraction of sp³-hybridized carbons (Fsp3) is 0.280. The van der Waals surface area contributed by atoms with E-state index in [9.17, 15) is 4.79 Å². The fourth-order valence-corrected chi connectivity index (χ4v) is 4.65. The van der Waals surface area contributed by atoms with Gasteiger partial charge in [-0.25, -0.2) is 4.98 Å². The molecule has 4 rings (SSSR count). The van der Waals surface area contributed by atoms with Crippen LogP contribution < -0.4 is 5.32 Å². The monoisotopic (exact) mass is 433 g/mol. The van der Waals surface area contributed by atoms with Gasteiger partial charge < -0.3 is 10.1 Å². The molecule has 1 aromatic heterocycles. The van der Waals surface area contributed by atoms with Gasteiger partial charge >= 0.3 is 0 Å². The first kappa shape index (κ1) is 21.6. The minimum absolute atomic E-state index is 0.0996. The number of ether oxygens (including phenoxy) is 1. The molecule has 6 heteroatoms. The van der Waals surface area contributed by atoms with Crippen molar-refractivity contribution in [2.45, 2.75) is 22.9 Å². The summed E-state index contributed by atoms with van der Waals surface area (Å²) in [5.41, 5.74) is 3.03. The van der Waals surface area contributed by atoms with E-state index in [1.54, 1.807) is 6.20 Å². The van der Waals surface area contributed by atoms with E-state index >= 15 is 0 Å². The average Bonchev–Trinajstić information content (AvgIpc) is 2.81. The molecule has 0 spiro atoms. The second kappa shape index (κ2) is 10.6. The third-order valence-electron chi connectivity index (χ3n) is 5.34. The van der Waals surface area contributed by atoms with Gasteiger partial charge in [-0.3, -0.25) is 9.69 Å². The van der Waals surface area contributed by atoms with Crippen molar-refractivity contribution < 1.29 is 9.53 Å².